The maximum atomic E-state index is 13.2. The van der Waals surface area contributed by atoms with Crippen LogP contribution >= 0.6 is 0 Å². The fourth-order valence-electron chi connectivity index (χ4n) is 2.65. The molecule has 0 saturated carbocycles. The van der Waals surface area contributed by atoms with Crippen LogP contribution in [-0.4, -0.2) is 29.3 Å². The molecule has 19 heavy (non-hydrogen) atoms. The molecule has 0 bridgehead atoms. The van der Waals surface area contributed by atoms with Crippen LogP contribution in [0.1, 0.15) is 13.3 Å². The van der Waals surface area contributed by atoms with Crippen LogP contribution in [0.25, 0.3) is 10.9 Å². The molecular weight excluding hydrogens is 243 g/mol. The summed E-state index contributed by atoms with van der Waals surface area (Å²) >= 11 is 0. The van der Waals surface area contributed by atoms with Crippen molar-refractivity contribution >= 4 is 16.6 Å². The first-order valence-electron chi connectivity index (χ1n) is 6.62. The predicted octanol–water partition coefficient (Wildman–Crippen LogP) is 2.58. The van der Waals surface area contributed by atoms with Crippen molar-refractivity contribution in [2.24, 2.45) is 5.92 Å². The summed E-state index contributed by atoms with van der Waals surface area (Å²) in [6, 6.07) is 6.60. The quantitative estimate of drug-likeness (QED) is 0.856. The first-order chi connectivity index (χ1) is 9.15. The molecule has 1 aromatic heterocycles. The minimum atomic E-state index is -0.308. The molecule has 0 radical (unpaired) electrons. The van der Waals surface area contributed by atoms with Gasteiger partial charge < -0.3 is 10.0 Å². The van der Waals surface area contributed by atoms with Crippen molar-refractivity contribution in [1.29, 1.82) is 0 Å². The predicted molar refractivity (Wildman–Crippen MR) is 73.7 cm³/mol. The van der Waals surface area contributed by atoms with Gasteiger partial charge in [0.2, 0.25) is 0 Å². The molecule has 1 saturated heterocycles. The number of anilines is 1. The first-order valence-corrected chi connectivity index (χ1v) is 6.62. The lowest BCUT2D eigenvalue weighted by Gasteiger charge is -2.36. The van der Waals surface area contributed by atoms with Gasteiger partial charge in [-0.1, -0.05) is 6.92 Å². The summed E-state index contributed by atoms with van der Waals surface area (Å²) in [5, 5.41) is 10.9. The Kier molecular flexibility index (Phi) is 3.11. The van der Waals surface area contributed by atoms with Crippen LogP contribution in [0.4, 0.5) is 10.1 Å². The van der Waals surface area contributed by atoms with E-state index in [1.54, 1.807) is 12.3 Å². The molecule has 1 fully saturated rings. The molecule has 1 aromatic carbocycles. The van der Waals surface area contributed by atoms with Gasteiger partial charge in [0.05, 0.1) is 11.6 Å². The van der Waals surface area contributed by atoms with E-state index >= 15 is 0 Å². The van der Waals surface area contributed by atoms with E-state index in [1.807, 2.05) is 6.07 Å². The number of nitrogens with zero attached hydrogens (tertiary/aromatic N) is 2. The first kappa shape index (κ1) is 12.4. The molecular formula is C15H17FN2O. The monoisotopic (exact) mass is 260 g/mol. The Balaban J connectivity index is 2.01. The second-order valence-electron chi connectivity index (χ2n) is 5.27. The van der Waals surface area contributed by atoms with Crippen molar-refractivity contribution in [3.63, 3.8) is 0 Å². The third-order valence-corrected chi connectivity index (χ3v) is 3.94. The highest BCUT2D eigenvalue weighted by atomic mass is 19.1. The van der Waals surface area contributed by atoms with Gasteiger partial charge in [0.15, 0.2) is 0 Å². The largest absolute Gasteiger partial charge is 0.391 e. The van der Waals surface area contributed by atoms with Crippen LogP contribution in [0.15, 0.2) is 30.5 Å². The zero-order chi connectivity index (χ0) is 13.4. The molecule has 100 valence electrons. The maximum absolute atomic E-state index is 13.2. The third-order valence-electron chi connectivity index (χ3n) is 3.94. The molecule has 2 aromatic rings. The highest BCUT2D eigenvalue weighted by molar-refractivity contribution is 5.91. The van der Waals surface area contributed by atoms with E-state index in [1.165, 1.54) is 12.1 Å². The van der Waals surface area contributed by atoms with Gasteiger partial charge in [0.1, 0.15) is 5.82 Å². The molecule has 1 N–H and O–H groups in total. The Morgan fingerprint density at radius 2 is 2.21 bits per heavy atom. The van der Waals surface area contributed by atoms with Gasteiger partial charge in [-0.2, -0.15) is 0 Å². The van der Waals surface area contributed by atoms with Gasteiger partial charge in [0, 0.05) is 36.4 Å². The third kappa shape index (κ3) is 2.28. The smallest absolute Gasteiger partial charge is 0.125 e. The van der Waals surface area contributed by atoms with Gasteiger partial charge in [-0.05, 0) is 30.5 Å². The maximum Gasteiger partial charge on any atom is 0.125 e. The van der Waals surface area contributed by atoms with Crippen molar-refractivity contribution in [3.8, 4) is 0 Å². The summed E-state index contributed by atoms with van der Waals surface area (Å²) in [4.78, 5) is 6.36. The van der Waals surface area contributed by atoms with E-state index in [0.29, 0.717) is 18.0 Å². The fourth-order valence-corrected chi connectivity index (χ4v) is 2.65. The number of pyridine rings is 1. The number of piperidine rings is 1. The zero-order valence-electron chi connectivity index (χ0n) is 10.9. The van der Waals surface area contributed by atoms with E-state index in [4.69, 9.17) is 0 Å². The number of fused-ring (bicyclic) bond motifs is 1. The number of halogens is 1. The van der Waals surface area contributed by atoms with Gasteiger partial charge in [-0.15, -0.1) is 0 Å². The second kappa shape index (κ2) is 4.78. The van der Waals surface area contributed by atoms with Crippen molar-refractivity contribution < 1.29 is 9.50 Å². The SMILES string of the molecule is CC1CCN(c2ccnc3cc(F)ccc23)CC1O. The van der Waals surface area contributed by atoms with Gasteiger partial charge in [0.25, 0.3) is 0 Å². The minimum Gasteiger partial charge on any atom is -0.391 e. The van der Waals surface area contributed by atoms with Crippen LogP contribution < -0.4 is 4.90 Å². The molecule has 2 unspecified atom stereocenters. The average Bonchev–Trinajstić information content (AvgIpc) is 2.41. The number of β-amino-alcohol motifs (C(OH)–C–C–N with tert-alkyl or cyclic N) is 1. The van der Waals surface area contributed by atoms with Crippen molar-refractivity contribution in [3.05, 3.63) is 36.3 Å². The highest BCUT2D eigenvalue weighted by Gasteiger charge is 2.25. The standard InChI is InChI=1S/C15H17FN2O/c1-10-5-7-18(9-15(10)19)14-4-6-17-13-8-11(16)2-3-12(13)14/h2-4,6,8,10,15,19H,5,7,9H2,1H3. The lowest BCUT2D eigenvalue weighted by Crippen LogP contribution is -2.43. The summed E-state index contributed by atoms with van der Waals surface area (Å²) in [5.74, 6) is 0.0613. The van der Waals surface area contributed by atoms with Crippen molar-refractivity contribution in [2.45, 2.75) is 19.4 Å². The summed E-state index contributed by atoms with van der Waals surface area (Å²) in [6.07, 6.45) is 2.35. The molecule has 0 spiro atoms. The van der Waals surface area contributed by atoms with Gasteiger partial charge in [-0.3, -0.25) is 4.98 Å². The number of hydrogen-bond donors (Lipinski definition) is 1. The highest BCUT2D eigenvalue weighted by Crippen LogP contribution is 2.29. The van der Waals surface area contributed by atoms with Crippen LogP contribution in [0, 0.1) is 11.7 Å². The van der Waals surface area contributed by atoms with E-state index in [0.717, 1.165) is 24.0 Å². The summed E-state index contributed by atoms with van der Waals surface area (Å²) in [6.45, 7) is 3.61. The number of aliphatic hydroxyl groups is 1. The fraction of sp³-hybridized carbons (Fsp3) is 0.400. The molecule has 2 heterocycles. The summed E-state index contributed by atoms with van der Waals surface area (Å²) < 4.78 is 13.2. The van der Waals surface area contributed by atoms with Crippen molar-refractivity contribution in [2.75, 3.05) is 18.0 Å². The van der Waals surface area contributed by atoms with Crippen LogP contribution in [0.3, 0.4) is 0 Å². The lowest BCUT2D eigenvalue weighted by molar-refractivity contribution is 0.103. The van der Waals surface area contributed by atoms with E-state index < -0.39 is 0 Å². The Hall–Kier alpha value is -1.68. The van der Waals surface area contributed by atoms with E-state index in [9.17, 15) is 9.50 Å². The summed E-state index contributed by atoms with van der Waals surface area (Å²) in [7, 11) is 0. The second-order valence-corrected chi connectivity index (χ2v) is 5.27. The van der Waals surface area contributed by atoms with E-state index in [-0.39, 0.29) is 11.9 Å². The molecule has 4 heteroatoms. The Morgan fingerprint density at radius 3 is 3.00 bits per heavy atom. The summed E-state index contributed by atoms with van der Waals surface area (Å²) in [5.41, 5.74) is 1.68. The van der Waals surface area contributed by atoms with Gasteiger partial charge in [-0.25, -0.2) is 4.39 Å². The Bertz CT molecular complexity index is 602. The number of aliphatic hydroxyl groups excluding tert-OH is 1. The lowest BCUT2D eigenvalue weighted by atomic mass is 9.95. The molecule has 0 aliphatic carbocycles. The van der Waals surface area contributed by atoms with Crippen molar-refractivity contribution in [1.82, 2.24) is 4.98 Å². The van der Waals surface area contributed by atoms with Gasteiger partial charge >= 0.3 is 0 Å². The topological polar surface area (TPSA) is 36.4 Å². The number of aromatic nitrogens is 1. The molecule has 1 aliphatic rings. The molecule has 3 rings (SSSR count). The number of hydrogen-bond acceptors (Lipinski definition) is 3. The average molecular weight is 260 g/mol. The molecule has 1 aliphatic heterocycles. The number of rotatable bonds is 1. The van der Waals surface area contributed by atoms with E-state index in [2.05, 4.69) is 16.8 Å². The molecule has 0 amide bonds. The van der Waals surface area contributed by atoms with Crippen LogP contribution in [0.2, 0.25) is 0 Å². The molecule has 2 atom stereocenters. The zero-order valence-corrected chi connectivity index (χ0v) is 10.9. The Labute approximate surface area is 111 Å². The normalized spacial score (nSPS) is 23.8. The Morgan fingerprint density at radius 1 is 1.37 bits per heavy atom. The van der Waals surface area contributed by atoms with Crippen LogP contribution in [-0.2, 0) is 0 Å². The number of benzene rings is 1. The molecule has 3 nitrogen and oxygen atoms in total. The van der Waals surface area contributed by atoms with Crippen LogP contribution in [0.5, 0.6) is 0 Å². The minimum absolute atomic E-state index is 0.274.